The highest BCUT2D eigenvalue weighted by atomic mass is 31.2. The standard InChI is InChI=1S/C8H19O4P.H3O4P/c1-3-5-6-8(4-2)7-12-13(9,10)11;1-5(2,3)4/h8H,3-7H2,1-2H3,(H2,9,10,11);(H3,1,2,3,4). The van der Waals surface area contributed by atoms with Crippen molar-refractivity contribution in [3.05, 3.63) is 0 Å². The zero-order chi connectivity index (χ0) is 14.8. The highest BCUT2D eigenvalue weighted by Crippen LogP contribution is 2.36. The van der Waals surface area contributed by atoms with Gasteiger partial charge in [0.1, 0.15) is 0 Å². The summed E-state index contributed by atoms with van der Waals surface area (Å²) in [5, 5.41) is 0. The number of unbranched alkanes of at least 4 members (excludes halogenated alkanes) is 1. The Morgan fingerprint density at radius 1 is 1.06 bits per heavy atom. The summed E-state index contributed by atoms with van der Waals surface area (Å²) in [6, 6.07) is 0. The van der Waals surface area contributed by atoms with Crippen LogP contribution in [0, 0.1) is 5.92 Å². The number of rotatable bonds is 7. The van der Waals surface area contributed by atoms with Gasteiger partial charge in [0.05, 0.1) is 6.61 Å². The number of hydrogen-bond donors (Lipinski definition) is 5. The van der Waals surface area contributed by atoms with Crippen molar-refractivity contribution in [3.63, 3.8) is 0 Å². The largest absolute Gasteiger partial charge is 0.469 e. The maximum atomic E-state index is 10.4. The normalized spacial score (nSPS) is 13.7. The summed E-state index contributed by atoms with van der Waals surface area (Å²) in [4.78, 5) is 38.5. The van der Waals surface area contributed by atoms with Crippen LogP contribution in [0.4, 0.5) is 0 Å². The van der Waals surface area contributed by atoms with Crippen molar-refractivity contribution in [1.29, 1.82) is 0 Å². The SMILES string of the molecule is CCCCC(CC)COP(=O)(O)O.O=P(O)(O)O. The lowest BCUT2D eigenvalue weighted by atomic mass is 10.0. The molecule has 0 aromatic heterocycles. The van der Waals surface area contributed by atoms with Gasteiger partial charge in [0, 0.05) is 0 Å². The molecule has 1 atom stereocenters. The first-order chi connectivity index (χ1) is 7.99. The number of hydrogen-bond acceptors (Lipinski definition) is 3. The fourth-order valence-electron chi connectivity index (χ4n) is 1.10. The van der Waals surface area contributed by atoms with Gasteiger partial charge >= 0.3 is 15.6 Å². The third kappa shape index (κ3) is 25.2. The first kappa shape index (κ1) is 20.5. The van der Waals surface area contributed by atoms with Crippen LogP contribution in [0.3, 0.4) is 0 Å². The van der Waals surface area contributed by atoms with Crippen LogP contribution >= 0.6 is 15.6 Å². The second kappa shape index (κ2) is 10.1. The molecule has 0 saturated carbocycles. The number of phosphoric ester groups is 1. The van der Waals surface area contributed by atoms with Crippen molar-refractivity contribution < 1.29 is 38.1 Å². The van der Waals surface area contributed by atoms with E-state index in [1.54, 1.807) is 0 Å². The van der Waals surface area contributed by atoms with Crippen LogP contribution in [0.2, 0.25) is 0 Å². The first-order valence-electron chi connectivity index (χ1n) is 5.48. The van der Waals surface area contributed by atoms with Gasteiger partial charge in [-0.15, -0.1) is 0 Å². The van der Waals surface area contributed by atoms with Gasteiger partial charge in [0.2, 0.25) is 0 Å². The van der Waals surface area contributed by atoms with Gasteiger partial charge in [-0.25, -0.2) is 9.13 Å². The van der Waals surface area contributed by atoms with Crippen molar-refractivity contribution in [2.24, 2.45) is 5.92 Å². The van der Waals surface area contributed by atoms with Gasteiger partial charge in [0.15, 0.2) is 0 Å². The molecule has 10 heteroatoms. The van der Waals surface area contributed by atoms with Crippen molar-refractivity contribution >= 4 is 15.6 Å². The second-order valence-corrected chi connectivity index (χ2v) is 5.98. The zero-order valence-electron chi connectivity index (χ0n) is 10.5. The number of phosphoric acid groups is 2. The smallest absolute Gasteiger partial charge is 0.303 e. The maximum Gasteiger partial charge on any atom is 0.469 e. The maximum absolute atomic E-state index is 10.4. The van der Waals surface area contributed by atoms with E-state index in [-0.39, 0.29) is 12.5 Å². The van der Waals surface area contributed by atoms with E-state index in [4.69, 9.17) is 29.0 Å². The summed E-state index contributed by atoms with van der Waals surface area (Å²) in [7, 11) is -8.90. The topological polar surface area (TPSA) is 145 Å². The molecule has 0 radical (unpaired) electrons. The van der Waals surface area contributed by atoms with E-state index in [9.17, 15) is 4.57 Å². The van der Waals surface area contributed by atoms with E-state index in [2.05, 4.69) is 11.4 Å². The molecule has 0 aliphatic carbocycles. The van der Waals surface area contributed by atoms with E-state index < -0.39 is 15.6 Å². The van der Waals surface area contributed by atoms with Crippen molar-refractivity contribution in [3.8, 4) is 0 Å². The highest BCUT2D eigenvalue weighted by molar-refractivity contribution is 7.46. The van der Waals surface area contributed by atoms with Gasteiger partial charge < -0.3 is 24.5 Å². The van der Waals surface area contributed by atoms with Crippen LogP contribution in [-0.2, 0) is 13.7 Å². The van der Waals surface area contributed by atoms with E-state index in [0.29, 0.717) is 0 Å². The van der Waals surface area contributed by atoms with E-state index in [1.807, 2.05) is 6.92 Å². The molecule has 0 fully saturated rings. The molecule has 112 valence electrons. The minimum atomic E-state index is -4.64. The van der Waals surface area contributed by atoms with Gasteiger partial charge in [0.25, 0.3) is 0 Å². The van der Waals surface area contributed by atoms with Crippen LogP contribution in [0.5, 0.6) is 0 Å². The third-order valence-corrected chi connectivity index (χ3v) is 2.51. The molecule has 18 heavy (non-hydrogen) atoms. The molecule has 1 unspecified atom stereocenters. The fraction of sp³-hybridized carbons (Fsp3) is 1.00. The third-order valence-electron chi connectivity index (χ3n) is 2.02. The molecule has 0 amide bonds. The highest BCUT2D eigenvalue weighted by Gasteiger charge is 2.16. The van der Waals surface area contributed by atoms with Gasteiger partial charge in [-0.05, 0) is 12.3 Å². The monoisotopic (exact) mass is 308 g/mol. The molecule has 0 aliphatic rings. The summed E-state index contributed by atoms with van der Waals surface area (Å²) in [5.74, 6) is 0.271. The quantitative estimate of drug-likeness (QED) is 0.444. The van der Waals surface area contributed by atoms with Crippen molar-refractivity contribution in [2.45, 2.75) is 39.5 Å². The van der Waals surface area contributed by atoms with Gasteiger partial charge in [-0.3, -0.25) is 4.52 Å². The lowest BCUT2D eigenvalue weighted by molar-refractivity contribution is 0.161. The van der Waals surface area contributed by atoms with Crippen LogP contribution in [0.1, 0.15) is 39.5 Å². The Morgan fingerprint density at radius 2 is 1.50 bits per heavy atom. The van der Waals surface area contributed by atoms with Crippen LogP contribution in [0.15, 0.2) is 0 Å². The Hall–Kier alpha value is 0.220. The second-order valence-electron chi connectivity index (χ2n) is 3.72. The summed E-state index contributed by atoms with van der Waals surface area (Å²) in [6.45, 7) is 4.26. The molecule has 0 saturated heterocycles. The molecule has 0 bridgehead atoms. The zero-order valence-corrected chi connectivity index (χ0v) is 12.3. The summed E-state index contributed by atoms with van der Waals surface area (Å²) in [5.41, 5.74) is 0. The first-order valence-corrected chi connectivity index (χ1v) is 8.57. The van der Waals surface area contributed by atoms with Gasteiger partial charge in [-0.1, -0.05) is 33.1 Å². The van der Waals surface area contributed by atoms with E-state index in [1.165, 1.54) is 0 Å². The van der Waals surface area contributed by atoms with Crippen LogP contribution < -0.4 is 0 Å². The summed E-state index contributed by atoms with van der Waals surface area (Å²) >= 11 is 0. The van der Waals surface area contributed by atoms with Crippen LogP contribution in [0.25, 0.3) is 0 Å². The predicted octanol–water partition coefficient (Wildman–Crippen LogP) is 1.38. The molecule has 0 aliphatic heterocycles. The molecule has 0 aromatic rings. The van der Waals surface area contributed by atoms with Gasteiger partial charge in [-0.2, -0.15) is 0 Å². The Kier molecular flexibility index (Phi) is 11.5. The molecule has 0 spiro atoms. The average Bonchev–Trinajstić information content (AvgIpc) is 2.14. The molecule has 0 rings (SSSR count). The van der Waals surface area contributed by atoms with E-state index >= 15 is 0 Å². The molecular weight excluding hydrogens is 286 g/mol. The molecule has 0 aromatic carbocycles. The lowest BCUT2D eigenvalue weighted by Gasteiger charge is -2.14. The predicted molar refractivity (Wildman–Crippen MR) is 65.6 cm³/mol. The molecular formula is C8H22O8P2. The molecule has 0 heterocycles. The van der Waals surface area contributed by atoms with Crippen molar-refractivity contribution in [1.82, 2.24) is 0 Å². The lowest BCUT2D eigenvalue weighted by Crippen LogP contribution is -2.07. The minimum Gasteiger partial charge on any atom is -0.303 e. The Labute approximate surface area is 106 Å². The van der Waals surface area contributed by atoms with Crippen LogP contribution in [-0.4, -0.2) is 31.1 Å². The molecule has 5 N–H and O–H groups in total. The average molecular weight is 308 g/mol. The molecule has 8 nitrogen and oxygen atoms in total. The fourth-order valence-corrected chi connectivity index (χ4v) is 1.51. The minimum absolute atomic E-state index is 0.167. The summed E-state index contributed by atoms with van der Waals surface area (Å²) in [6.07, 6.45) is 4.07. The van der Waals surface area contributed by atoms with E-state index in [0.717, 1.165) is 25.7 Å². The Balaban J connectivity index is 0. The summed E-state index contributed by atoms with van der Waals surface area (Å²) < 4.78 is 23.7. The Bertz CT molecular complexity index is 275. The Morgan fingerprint density at radius 3 is 1.78 bits per heavy atom. The van der Waals surface area contributed by atoms with Crippen molar-refractivity contribution in [2.75, 3.05) is 6.61 Å².